The van der Waals surface area contributed by atoms with Crippen molar-refractivity contribution in [3.63, 3.8) is 0 Å². The van der Waals surface area contributed by atoms with Crippen LogP contribution in [-0.4, -0.2) is 56.3 Å². The highest BCUT2D eigenvalue weighted by atomic mass is 16.2. The predicted octanol–water partition coefficient (Wildman–Crippen LogP) is 1.87. The van der Waals surface area contributed by atoms with Crippen LogP contribution in [0.5, 0.6) is 0 Å². The first-order valence-electron chi connectivity index (χ1n) is 9.67. The van der Waals surface area contributed by atoms with Crippen molar-refractivity contribution in [1.82, 2.24) is 19.4 Å². The van der Waals surface area contributed by atoms with E-state index in [1.807, 2.05) is 9.80 Å². The number of aromatic nitrogens is 2. The predicted molar refractivity (Wildman–Crippen MR) is 103 cm³/mol. The van der Waals surface area contributed by atoms with Crippen molar-refractivity contribution in [1.29, 1.82) is 0 Å². The molecule has 2 aromatic rings. The second kappa shape index (κ2) is 6.55. The Hall–Kier alpha value is -2.57. The molecule has 0 radical (unpaired) electrons. The van der Waals surface area contributed by atoms with Crippen molar-refractivity contribution in [2.24, 2.45) is 7.05 Å². The molecule has 1 saturated carbocycles. The van der Waals surface area contributed by atoms with Crippen LogP contribution >= 0.6 is 0 Å². The molecule has 1 aromatic heterocycles. The number of nitrogens with one attached hydrogen (secondary N) is 1. The van der Waals surface area contributed by atoms with Gasteiger partial charge in [0, 0.05) is 39.2 Å². The summed E-state index contributed by atoms with van der Waals surface area (Å²) in [5, 5.41) is 0. The lowest BCUT2D eigenvalue weighted by molar-refractivity contribution is -0.141. The summed E-state index contributed by atoms with van der Waals surface area (Å²) in [6, 6.07) is 5.33. The van der Waals surface area contributed by atoms with Crippen LogP contribution in [0.2, 0.25) is 0 Å². The van der Waals surface area contributed by atoms with Crippen molar-refractivity contribution in [3.8, 4) is 0 Å². The van der Waals surface area contributed by atoms with Crippen LogP contribution in [0.3, 0.4) is 0 Å². The van der Waals surface area contributed by atoms with Crippen molar-refractivity contribution in [2.45, 2.75) is 44.6 Å². The maximum atomic E-state index is 13.2. The van der Waals surface area contributed by atoms with Gasteiger partial charge in [-0.05, 0) is 31.0 Å². The maximum absolute atomic E-state index is 13.2. The highest BCUT2D eigenvalue weighted by Gasteiger charge is 2.44. The first-order valence-corrected chi connectivity index (χ1v) is 9.67. The molecule has 1 aliphatic heterocycles. The van der Waals surface area contributed by atoms with Gasteiger partial charge in [0.05, 0.1) is 16.6 Å². The molecule has 0 unspecified atom stereocenters. The minimum absolute atomic E-state index is 0.0290. The van der Waals surface area contributed by atoms with E-state index in [0.29, 0.717) is 25.2 Å². The Morgan fingerprint density at radius 3 is 2.56 bits per heavy atom. The minimum atomic E-state index is -0.219. The van der Waals surface area contributed by atoms with E-state index in [0.717, 1.165) is 36.7 Å². The second-order valence-corrected chi connectivity index (χ2v) is 7.90. The van der Waals surface area contributed by atoms with Crippen molar-refractivity contribution < 1.29 is 9.59 Å². The molecule has 4 rings (SSSR count). The molecule has 2 amide bonds. The van der Waals surface area contributed by atoms with E-state index in [2.05, 4.69) is 4.98 Å². The number of piperazine rings is 1. The molecule has 144 valence electrons. The number of hydrogen-bond acceptors (Lipinski definition) is 3. The van der Waals surface area contributed by atoms with E-state index in [9.17, 15) is 14.4 Å². The van der Waals surface area contributed by atoms with Gasteiger partial charge in [0.2, 0.25) is 5.91 Å². The molecule has 1 N–H and O–H groups in total. The quantitative estimate of drug-likeness (QED) is 0.832. The third-order valence-corrected chi connectivity index (χ3v) is 6.26. The molecule has 1 saturated heterocycles. The number of aryl methyl sites for hydroxylation is 1. The molecule has 1 aromatic carbocycles. The number of aromatic amines is 1. The number of H-pyrrole nitrogens is 1. The van der Waals surface area contributed by atoms with Gasteiger partial charge >= 0.3 is 5.69 Å². The summed E-state index contributed by atoms with van der Waals surface area (Å²) in [7, 11) is 1.69. The highest BCUT2D eigenvalue weighted by molar-refractivity contribution is 5.97. The lowest BCUT2D eigenvalue weighted by Crippen LogP contribution is -2.65. The topological polar surface area (TPSA) is 78.4 Å². The number of carbonyl (C=O) groups excluding carboxylic acids is 2. The maximum Gasteiger partial charge on any atom is 0.326 e. The molecular weight excluding hydrogens is 344 g/mol. The van der Waals surface area contributed by atoms with Gasteiger partial charge in [0.1, 0.15) is 0 Å². The smallest absolute Gasteiger partial charge is 0.326 e. The van der Waals surface area contributed by atoms with E-state index in [-0.39, 0.29) is 23.0 Å². The summed E-state index contributed by atoms with van der Waals surface area (Å²) >= 11 is 0. The van der Waals surface area contributed by atoms with Gasteiger partial charge in [-0.1, -0.05) is 19.3 Å². The van der Waals surface area contributed by atoms with Gasteiger partial charge in [-0.25, -0.2) is 4.79 Å². The Balaban J connectivity index is 1.63. The zero-order chi connectivity index (χ0) is 19.2. The normalized spacial score (nSPS) is 19.6. The average molecular weight is 370 g/mol. The van der Waals surface area contributed by atoms with E-state index in [1.165, 1.54) is 11.0 Å². The molecule has 0 bridgehead atoms. The van der Waals surface area contributed by atoms with E-state index in [1.54, 1.807) is 32.2 Å². The molecule has 0 atom stereocenters. The van der Waals surface area contributed by atoms with Crippen LogP contribution in [-0.2, 0) is 11.8 Å². The van der Waals surface area contributed by atoms with Gasteiger partial charge < -0.3 is 14.8 Å². The Morgan fingerprint density at radius 2 is 1.85 bits per heavy atom. The summed E-state index contributed by atoms with van der Waals surface area (Å²) in [5.41, 5.74) is 1.62. The molecule has 1 spiro atoms. The van der Waals surface area contributed by atoms with Crippen LogP contribution in [0.25, 0.3) is 11.0 Å². The summed E-state index contributed by atoms with van der Waals surface area (Å²) in [4.78, 5) is 43.8. The van der Waals surface area contributed by atoms with Gasteiger partial charge in [-0.3, -0.25) is 14.2 Å². The third-order valence-electron chi connectivity index (χ3n) is 6.26. The molecule has 7 nitrogen and oxygen atoms in total. The van der Waals surface area contributed by atoms with Crippen LogP contribution in [0.1, 0.15) is 49.4 Å². The summed E-state index contributed by atoms with van der Waals surface area (Å²) in [6.07, 6.45) is 5.31. The zero-order valence-electron chi connectivity index (χ0n) is 16.0. The molecule has 2 aliphatic rings. The fraction of sp³-hybridized carbons (Fsp3) is 0.550. The fourth-order valence-corrected chi connectivity index (χ4v) is 4.82. The van der Waals surface area contributed by atoms with Crippen molar-refractivity contribution in [2.75, 3.05) is 19.6 Å². The van der Waals surface area contributed by atoms with Crippen LogP contribution in [0.15, 0.2) is 23.0 Å². The van der Waals surface area contributed by atoms with Crippen LogP contribution in [0.4, 0.5) is 0 Å². The van der Waals surface area contributed by atoms with Gasteiger partial charge in [0.15, 0.2) is 0 Å². The Morgan fingerprint density at radius 1 is 1.11 bits per heavy atom. The van der Waals surface area contributed by atoms with E-state index < -0.39 is 0 Å². The Kier molecular flexibility index (Phi) is 4.32. The first-order chi connectivity index (χ1) is 12.9. The number of benzene rings is 1. The number of hydrogen-bond donors (Lipinski definition) is 1. The lowest BCUT2D eigenvalue weighted by Gasteiger charge is -2.52. The number of amides is 2. The minimum Gasteiger partial charge on any atom is -0.335 e. The van der Waals surface area contributed by atoms with Gasteiger partial charge in [-0.2, -0.15) is 0 Å². The highest BCUT2D eigenvalue weighted by Crippen LogP contribution is 2.37. The molecule has 1 aliphatic carbocycles. The number of carbonyl (C=O) groups is 2. The van der Waals surface area contributed by atoms with E-state index >= 15 is 0 Å². The van der Waals surface area contributed by atoms with Crippen LogP contribution < -0.4 is 5.69 Å². The second-order valence-electron chi connectivity index (χ2n) is 7.90. The first kappa shape index (κ1) is 17.8. The lowest BCUT2D eigenvalue weighted by atomic mass is 9.78. The van der Waals surface area contributed by atoms with Crippen LogP contribution in [0, 0.1) is 0 Å². The standard InChI is InChI=1S/C20H26N4O3/c1-14(25)24-11-10-23(13-20(24)8-4-3-5-9-20)18(26)15-6-7-16-17(12-15)22(2)19(27)21-16/h6-7,12H,3-5,8-11,13H2,1-2H3,(H,21,27). The van der Waals surface area contributed by atoms with Gasteiger partial charge in [-0.15, -0.1) is 0 Å². The molecule has 2 fully saturated rings. The number of rotatable bonds is 1. The third kappa shape index (κ3) is 2.95. The molecule has 27 heavy (non-hydrogen) atoms. The monoisotopic (exact) mass is 370 g/mol. The number of nitrogens with zero attached hydrogens (tertiary/aromatic N) is 3. The number of fused-ring (bicyclic) bond motifs is 1. The number of imidazole rings is 1. The summed E-state index contributed by atoms with van der Waals surface area (Å²) in [6.45, 7) is 3.36. The zero-order valence-corrected chi connectivity index (χ0v) is 16.0. The van der Waals surface area contributed by atoms with E-state index in [4.69, 9.17) is 0 Å². The fourth-order valence-electron chi connectivity index (χ4n) is 4.82. The SMILES string of the molecule is CC(=O)N1CCN(C(=O)c2ccc3[nH]c(=O)n(C)c3c2)CC12CCCCC2. The summed E-state index contributed by atoms with van der Waals surface area (Å²) in [5.74, 6) is 0.0754. The average Bonchev–Trinajstić information content (AvgIpc) is 2.95. The molecular formula is C20H26N4O3. The summed E-state index contributed by atoms with van der Waals surface area (Å²) < 4.78 is 1.52. The largest absolute Gasteiger partial charge is 0.335 e. The Bertz CT molecular complexity index is 952. The molecule has 7 heteroatoms. The molecule has 2 heterocycles. The van der Waals surface area contributed by atoms with Gasteiger partial charge in [0.25, 0.3) is 5.91 Å². The van der Waals surface area contributed by atoms with Crippen molar-refractivity contribution >= 4 is 22.8 Å². The van der Waals surface area contributed by atoms with Crippen molar-refractivity contribution in [3.05, 3.63) is 34.2 Å². The Labute approximate surface area is 157 Å².